The van der Waals surface area contributed by atoms with Crippen molar-refractivity contribution < 1.29 is 87.9 Å². The second kappa shape index (κ2) is 36.1. The summed E-state index contributed by atoms with van der Waals surface area (Å²) < 4.78 is 45.4. The van der Waals surface area contributed by atoms with E-state index in [4.69, 9.17) is 28.0 Å². The number of ether oxygens (including phenoxy) is 4. The lowest BCUT2D eigenvalue weighted by atomic mass is 9.84. The Labute approximate surface area is 398 Å². The van der Waals surface area contributed by atoms with E-state index in [0.717, 1.165) is 51.4 Å². The van der Waals surface area contributed by atoms with Gasteiger partial charge in [0.05, 0.1) is 13.2 Å². The predicted molar refractivity (Wildman–Crippen MR) is 249 cm³/mol. The van der Waals surface area contributed by atoms with Gasteiger partial charge in [0.2, 0.25) is 0 Å². The number of aliphatic hydroxyl groups excluding tert-OH is 8. The molecule has 2 aliphatic rings. The van der Waals surface area contributed by atoms with Crippen molar-refractivity contribution in [3.05, 3.63) is 24.3 Å². The standard InChI is InChI=1S/C48H87O18P/c1-3-5-7-9-11-13-15-17-19-21-23-25-27-29-31-38(51)63-35(33-61-37(50)30-28-26-24-22-20-18-16-14-12-10-8-6-4-2)34-62-67(59,60)66-47-44(57)42(55)41(54)43(56)46(47)65-48-45(58)40(53)39(52)36(32-49)64-48/h18-21,35-36,39-49,52-58H,3-17,22-34H2,1-2H3,(H,59,60). The first kappa shape index (κ1) is 61.3. The van der Waals surface area contributed by atoms with Crippen LogP contribution >= 0.6 is 7.82 Å². The maximum atomic E-state index is 13.4. The summed E-state index contributed by atoms with van der Waals surface area (Å²) in [5.74, 6) is -1.25. The molecule has 0 aromatic rings. The summed E-state index contributed by atoms with van der Waals surface area (Å²) in [6, 6.07) is 0. The van der Waals surface area contributed by atoms with Gasteiger partial charge >= 0.3 is 19.8 Å². The van der Waals surface area contributed by atoms with Crippen molar-refractivity contribution in [3.8, 4) is 0 Å². The molecule has 1 saturated heterocycles. The van der Waals surface area contributed by atoms with Gasteiger partial charge in [-0.3, -0.25) is 18.6 Å². The van der Waals surface area contributed by atoms with E-state index in [0.29, 0.717) is 12.8 Å². The van der Waals surface area contributed by atoms with Gasteiger partial charge in [-0.25, -0.2) is 4.57 Å². The molecule has 1 heterocycles. The summed E-state index contributed by atoms with van der Waals surface area (Å²) in [5, 5.41) is 82.9. The van der Waals surface area contributed by atoms with Gasteiger partial charge in [-0.05, 0) is 64.2 Å². The summed E-state index contributed by atoms with van der Waals surface area (Å²) in [5.41, 5.74) is 0. The van der Waals surface area contributed by atoms with E-state index in [1.807, 2.05) is 0 Å². The number of phosphoric acid groups is 1. The molecule has 1 aliphatic heterocycles. The van der Waals surface area contributed by atoms with Gasteiger partial charge < -0.3 is 64.7 Å². The fraction of sp³-hybridized carbons (Fsp3) is 0.875. The van der Waals surface area contributed by atoms with Crippen molar-refractivity contribution in [1.82, 2.24) is 0 Å². The number of aliphatic hydroxyl groups is 8. The van der Waals surface area contributed by atoms with Crippen molar-refractivity contribution >= 4 is 19.8 Å². The molecule has 0 spiro atoms. The van der Waals surface area contributed by atoms with Gasteiger partial charge in [0.1, 0.15) is 67.6 Å². The zero-order valence-electron chi connectivity index (χ0n) is 40.2. The van der Waals surface area contributed by atoms with Crippen LogP contribution in [0.1, 0.15) is 174 Å². The SMILES string of the molecule is CCCCCCCCC=CCCCCCC(=O)OCC(COP(=O)(O)OC1C(O)C(O)C(O)C(O)C1OC1OC(CO)C(O)C(O)C1O)OC(=O)CCCCCC=CCCCCCCCCC. The van der Waals surface area contributed by atoms with Crippen molar-refractivity contribution in [1.29, 1.82) is 0 Å². The van der Waals surface area contributed by atoms with Crippen LogP contribution in [0.3, 0.4) is 0 Å². The second-order valence-electron chi connectivity index (χ2n) is 18.0. The van der Waals surface area contributed by atoms with Crippen LogP contribution in [-0.2, 0) is 42.1 Å². The summed E-state index contributed by atoms with van der Waals surface area (Å²) in [4.78, 5) is 36.5. The Bertz CT molecular complexity index is 1400. The first-order chi connectivity index (χ1) is 32.2. The maximum Gasteiger partial charge on any atom is 0.472 e. The number of phosphoric ester groups is 1. The van der Waals surface area contributed by atoms with Crippen LogP contribution in [0.2, 0.25) is 0 Å². The average Bonchev–Trinajstić information content (AvgIpc) is 3.31. The Hall–Kier alpha value is -1.87. The van der Waals surface area contributed by atoms with Crippen LogP contribution in [-0.4, -0.2) is 151 Å². The first-order valence-corrected chi connectivity index (χ1v) is 26.7. The van der Waals surface area contributed by atoms with Crippen LogP contribution in [0.5, 0.6) is 0 Å². The molecule has 0 radical (unpaired) electrons. The minimum absolute atomic E-state index is 0.0101. The molecule has 0 amide bonds. The fourth-order valence-corrected chi connectivity index (χ4v) is 8.89. The largest absolute Gasteiger partial charge is 0.472 e. The van der Waals surface area contributed by atoms with E-state index in [1.54, 1.807) is 0 Å². The normalized spacial score (nSPS) is 28.2. The molecule has 0 aromatic heterocycles. The molecular weight excluding hydrogens is 895 g/mol. The topological polar surface area (TPSA) is 289 Å². The van der Waals surface area contributed by atoms with Crippen molar-refractivity contribution in [3.63, 3.8) is 0 Å². The van der Waals surface area contributed by atoms with E-state index in [9.17, 15) is 59.9 Å². The number of unbranched alkanes of at least 4 members (excludes halogenated alkanes) is 19. The third kappa shape index (κ3) is 25.2. The molecule has 1 saturated carbocycles. The zero-order chi connectivity index (χ0) is 49.5. The third-order valence-electron chi connectivity index (χ3n) is 12.1. The molecule has 392 valence electrons. The highest BCUT2D eigenvalue weighted by atomic mass is 31.2. The van der Waals surface area contributed by atoms with E-state index >= 15 is 0 Å². The Morgan fingerprint density at radius 1 is 0.552 bits per heavy atom. The van der Waals surface area contributed by atoms with Gasteiger partial charge in [0.25, 0.3) is 0 Å². The fourth-order valence-electron chi connectivity index (χ4n) is 7.93. The van der Waals surface area contributed by atoms with Crippen molar-refractivity contribution in [2.45, 2.75) is 248 Å². The quantitative estimate of drug-likeness (QED) is 0.0160. The summed E-state index contributed by atoms with van der Waals surface area (Å²) in [7, 11) is -5.38. The third-order valence-corrected chi connectivity index (χ3v) is 13.1. The van der Waals surface area contributed by atoms with Crippen LogP contribution in [0.25, 0.3) is 0 Å². The number of carbonyl (C=O) groups excluding carboxylic acids is 2. The van der Waals surface area contributed by atoms with E-state index < -0.39 is 113 Å². The Morgan fingerprint density at radius 3 is 1.48 bits per heavy atom. The molecule has 19 heteroatoms. The predicted octanol–water partition coefficient (Wildman–Crippen LogP) is 5.49. The summed E-state index contributed by atoms with van der Waals surface area (Å²) >= 11 is 0. The molecular formula is C48H87O18P. The van der Waals surface area contributed by atoms with Crippen molar-refractivity contribution in [2.75, 3.05) is 19.8 Å². The highest BCUT2D eigenvalue weighted by Crippen LogP contribution is 2.48. The minimum atomic E-state index is -5.38. The van der Waals surface area contributed by atoms with Gasteiger partial charge in [-0.1, -0.05) is 122 Å². The number of hydrogen-bond acceptors (Lipinski definition) is 17. The Balaban J connectivity index is 1.97. The monoisotopic (exact) mass is 983 g/mol. The summed E-state index contributed by atoms with van der Waals surface area (Å²) in [6.07, 6.45) is 9.85. The average molecular weight is 983 g/mol. The first-order valence-electron chi connectivity index (χ1n) is 25.2. The lowest BCUT2D eigenvalue weighted by Crippen LogP contribution is -2.67. The summed E-state index contributed by atoms with van der Waals surface area (Å²) in [6.45, 7) is 2.18. The lowest BCUT2D eigenvalue weighted by molar-refractivity contribution is -0.338. The molecule has 13 atom stereocenters. The van der Waals surface area contributed by atoms with E-state index in [-0.39, 0.29) is 12.8 Å². The number of allylic oxidation sites excluding steroid dienone is 4. The smallest absolute Gasteiger partial charge is 0.462 e. The number of rotatable bonds is 38. The molecule has 0 aromatic carbocycles. The molecule has 2 rings (SSSR count). The molecule has 1 aliphatic carbocycles. The van der Waals surface area contributed by atoms with Gasteiger partial charge in [-0.15, -0.1) is 0 Å². The molecule has 67 heavy (non-hydrogen) atoms. The van der Waals surface area contributed by atoms with E-state index in [2.05, 4.69) is 38.2 Å². The molecule has 0 bridgehead atoms. The lowest BCUT2D eigenvalue weighted by Gasteiger charge is -2.47. The van der Waals surface area contributed by atoms with Crippen LogP contribution in [0.15, 0.2) is 24.3 Å². The van der Waals surface area contributed by atoms with Crippen LogP contribution < -0.4 is 0 Å². The highest BCUT2D eigenvalue weighted by molar-refractivity contribution is 7.47. The van der Waals surface area contributed by atoms with Crippen LogP contribution in [0.4, 0.5) is 0 Å². The van der Waals surface area contributed by atoms with Gasteiger partial charge in [-0.2, -0.15) is 0 Å². The van der Waals surface area contributed by atoms with Crippen LogP contribution in [0, 0.1) is 0 Å². The van der Waals surface area contributed by atoms with Crippen molar-refractivity contribution in [2.24, 2.45) is 0 Å². The molecule has 9 N–H and O–H groups in total. The maximum absolute atomic E-state index is 13.4. The zero-order valence-corrected chi connectivity index (χ0v) is 41.1. The van der Waals surface area contributed by atoms with Gasteiger partial charge in [0.15, 0.2) is 12.4 Å². The Morgan fingerprint density at radius 2 is 0.985 bits per heavy atom. The van der Waals surface area contributed by atoms with E-state index in [1.165, 1.54) is 83.5 Å². The second-order valence-corrected chi connectivity index (χ2v) is 19.4. The Kier molecular flexibility index (Phi) is 33.0. The number of carbonyl (C=O) groups is 2. The minimum Gasteiger partial charge on any atom is -0.462 e. The van der Waals surface area contributed by atoms with Gasteiger partial charge in [0, 0.05) is 12.8 Å². The molecule has 13 unspecified atom stereocenters. The molecule has 18 nitrogen and oxygen atoms in total. The molecule has 2 fully saturated rings. The number of esters is 2. The highest BCUT2D eigenvalue weighted by Gasteiger charge is 2.55. The number of hydrogen-bond donors (Lipinski definition) is 9.